The largest absolute Gasteiger partial charge is 0.365 e. The topological polar surface area (TPSA) is 68.8 Å². The van der Waals surface area contributed by atoms with Crippen LogP contribution in [-0.2, 0) is 22.7 Å². The molecule has 2 amide bonds. The standard InChI is InChI=1S/C23H25Cl2N5O2S/c24-17-6-7-26-21(25)20(17)29-10-8-28(9-11-29)12-14-2-1-3-15-16(14)13-30(23(15)33)18-4-5-19(31)27-22(18)32/h1-3,6-7,18,23,33H,4-5,8-13H2,(H,27,31,32). The normalized spacial score (nSPS) is 24.2. The zero-order valence-corrected chi connectivity index (χ0v) is 20.4. The van der Waals surface area contributed by atoms with Gasteiger partial charge < -0.3 is 4.90 Å². The number of carbonyl (C=O) groups excluding carboxylic acids is 2. The second-order valence-electron chi connectivity index (χ2n) is 8.69. The van der Waals surface area contributed by atoms with Crippen molar-refractivity contribution < 1.29 is 9.59 Å². The van der Waals surface area contributed by atoms with Crippen molar-refractivity contribution in [2.24, 2.45) is 0 Å². The first-order valence-corrected chi connectivity index (χ1v) is 12.3. The third-order valence-electron chi connectivity index (χ3n) is 6.77. The zero-order valence-electron chi connectivity index (χ0n) is 18.0. The number of nitrogens with one attached hydrogen (secondary N) is 1. The van der Waals surface area contributed by atoms with Crippen molar-refractivity contribution in [1.82, 2.24) is 20.1 Å². The van der Waals surface area contributed by atoms with E-state index in [0.717, 1.165) is 44.0 Å². The van der Waals surface area contributed by atoms with Crippen LogP contribution in [0.2, 0.25) is 10.2 Å². The van der Waals surface area contributed by atoms with Crippen molar-refractivity contribution >= 4 is 53.3 Å². The number of fused-ring (bicyclic) bond motifs is 1. The van der Waals surface area contributed by atoms with Crippen LogP contribution >= 0.6 is 35.8 Å². The van der Waals surface area contributed by atoms with Crippen LogP contribution in [0, 0.1) is 0 Å². The number of amides is 2. The maximum atomic E-state index is 12.4. The molecule has 2 aromatic rings. The number of rotatable bonds is 4. The van der Waals surface area contributed by atoms with Gasteiger partial charge in [0.1, 0.15) is 0 Å². The monoisotopic (exact) mass is 505 g/mol. The van der Waals surface area contributed by atoms with Gasteiger partial charge in [-0.25, -0.2) is 4.98 Å². The smallest absolute Gasteiger partial charge is 0.243 e. The first-order valence-electron chi connectivity index (χ1n) is 11.1. The number of benzene rings is 1. The summed E-state index contributed by atoms with van der Waals surface area (Å²) < 4.78 is 0. The van der Waals surface area contributed by atoms with E-state index < -0.39 is 0 Å². The van der Waals surface area contributed by atoms with Gasteiger partial charge in [-0.05, 0) is 29.2 Å². The Hall–Kier alpha value is -1.84. The molecule has 2 atom stereocenters. The minimum Gasteiger partial charge on any atom is -0.365 e. The average Bonchev–Trinajstić information content (AvgIpc) is 3.12. The second-order valence-corrected chi connectivity index (χ2v) is 9.95. The lowest BCUT2D eigenvalue weighted by Crippen LogP contribution is -2.51. The molecular formula is C23H25Cl2N5O2S. The third kappa shape index (κ3) is 4.47. The highest BCUT2D eigenvalue weighted by Crippen LogP contribution is 2.41. The molecule has 1 N–H and O–H groups in total. The van der Waals surface area contributed by atoms with E-state index in [1.54, 1.807) is 12.3 Å². The fourth-order valence-electron chi connectivity index (χ4n) is 5.02. The number of nitrogens with zero attached hydrogens (tertiary/aromatic N) is 4. The van der Waals surface area contributed by atoms with Gasteiger partial charge in [-0.15, -0.1) is 0 Å². The van der Waals surface area contributed by atoms with E-state index in [2.05, 4.69) is 43.2 Å². The highest BCUT2D eigenvalue weighted by atomic mass is 35.5. The minimum atomic E-state index is -0.331. The first kappa shape index (κ1) is 22.9. The summed E-state index contributed by atoms with van der Waals surface area (Å²) in [5.41, 5.74) is 4.45. The summed E-state index contributed by atoms with van der Waals surface area (Å²) in [5, 5.41) is 3.37. The summed E-state index contributed by atoms with van der Waals surface area (Å²) >= 11 is 17.5. The van der Waals surface area contributed by atoms with Gasteiger partial charge in [-0.1, -0.05) is 41.4 Å². The van der Waals surface area contributed by atoms with E-state index in [-0.39, 0.29) is 23.2 Å². The molecule has 0 bridgehead atoms. The van der Waals surface area contributed by atoms with E-state index in [0.29, 0.717) is 29.6 Å². The molecule has 7 nitrogen and oxygen atoms in total. The predicted molar refractivity (Wildman–Crippen MR) is 132 cm³/mol. The molecular weight excluding hydrogens is 481 g/mol. The molecule has 1 aromatic heterocycles. The Labute approximate surface area is 208 Å². The van der Waals surface area contributed by atoms with E-state index in [9.17, 15) is 9.59 Å². The van der Waals surface area contributed by atoms with Crippen LogP contribution in [0.1, 0.15) is 34.9 Å². The molecule has 1 aromatic carbocycles. The highest BCUT2D eigenvalue weighted by molar-refractivity contribution is 7.80. The zero-order chi connectivity index (χ0) is 23.1. The van der Waals surface area contributed by atoms with Crippen LogP contribution in [0.5, 0.6) is 0 Å². The Morgan fingerprint density at radius 3 is 2.64 bits per heavy atom. The Kier molecular flexibility index (Phi) is 6.55. The third-order valence-corrected chi connectivity index (χ3v) is 7.92. The summed E-state index contributed by atoms with van der Waals surface area (Å²) in [6.07, 6.45) is 2.52. The Balaban J connectivity index is 1.27. The molecule has 2 saturated heterocycles. The number of carbonyl (C=O) groups is 2. The molecule has 10 heteroatoms. The van der Waals surface area contributed by atoms with Crippen LogP contribution in [-0.4, -0.2) is 58.8 Å². The molecule has 0 aliphatic carbocycles. The number of halogens is 2. The molecule has 0 spiro atoms. The van der Waals surface area contributed by atoms with Crippen LogP contribution in [0.15, 0.2) is 30.5 Å². The van der Waals surface area contributed by atoms with Crippen LogP contribution < -0.4 is 10.2 Å². The Bertz CT molecular complexity index is 1070. The summed E-state index contributed by atoms with van der Waals surface area (Å²) in [6, 6.07) is 7.76. The van der Waals surface area contributed by atoms with Gasteiger partial charge >= 0.3 is 0 Å². The van der Waals surface area contributed by atoms with E-state index in [1.165, 1.54) is 11.1 Å². The average molecular weight is 506 g/mol. The van der Waals surface area contributed by atoms with E-state index >= 15 is 0 Å². The van der Waals surface area contributed by atoms with Crippen LogP contribution in [0.25, 0.3) is 0 Å². The van der Waals surface area contributed by atoms with Crippen molar-refractivity contribution in [3.05, 3.63) is 57.3 Å². The lowest BCUT2D eigenvalue weighted by molar-refractivity contribution is -0.137. The predicted octanol–water partition coefficient (Wildman–Crippen LogP) is 3.26. The van der Waals surface area contributed by atoms with Gasteiger partial charge in [0, 0.05) is 51.9 Å². The Morgan fingerprint density at radius 1 is 1.12 bits per heavy atom. The van der Waals surface area contributed by atoms with Gasteiger partial charge in [0.05, 0.1) is 22.1 Å². The van der Waals surface area contributed by atoms with Gasteiger partial charge in [0.2, 0.25) is 11.8 Å². The summed E-state index contributed by atoms with van der Waals surface area (Å²) in [4.78, 5) is 34.9. The molecule has 0 saturated carbocycles. The van der Waals surface area contributed by atoms with Crippen molar-refractivity contribution in [2.45, 2.75) is 37.3 Å². The summed E-state index contributed by atoms with van der Waals surface area (Å²) in [6.45, 7) is 4.89. The van der Waals surface area contributed by atoms with Crippen LogP contribution in [0.3, 0.4) is 0 Å². The number of piperidine rings is 1. The van der Waals surface area contributed by atoms with E-state index in [4.69, 9.17) is 35.8 Å². The molecule has 3 aliphatic heterocycles. The number of piperazine rings is 1. The number of aromatic nitrogens is 1. The molecule has 4 heterocycles. The number of thiol groups is 1. The molecule has 0 radical (unpaired) electrons. The first-order chi connectivity index (χ1) is 15.9. The quantitative estimate of drug-likeness (QED) is 0.377. The number of anilines is 1. The fraction of sp³-hybridized carbons (Fsp3) is 0.435. The van der Waals surface area contributed by atoms with E-state index in [1.807, 2.05) is 0 Å². The van der Waals surface area contributed by atoms with Gasteiger partial charge in [-0.3, -0.25) is 24.7 Å². The number of hydrogen-bond acceptors (Lipinski definition) is 7. The molecule has 2 fully saturated rings. The fourth-order valence-corrected chi connectivity index (χ4v) is 6.10. The number of pyridine rings is 1. The number of hydrogen-bond donors (Lipinski definition) is 2. The lowest BCUT2D eigenvalue weighted by Gasteiger charge is -2.36. The molecule has 33 heavy (non-hydrogen) atoms. The van der Waals surface area contributed by atoms with Crippen LogP contribution in [0.4, 0.5) is 5.69 Å². The van der Waals surface area contributed by atoms with Crippen molar-refractivity contribution in [3.8, 4) is 0 Å². The Morgan fingerprint density at radius 2 is 1.91 bits per heavy atom. The van der Waals surface area contributed by atoms with Crippen molar-refractivity contribution in [1.29, 1.82) is 0 Å². The second kappa shape index (κ2) is 9.43. The summed E-state index contributed by atoms with van der Waals surface area (Å²) in [5.74, 6) is -0.416. The maximum absolute atomic E-state index is 12.4. The van der Waals surface area contributed by atoms with Gasteiger partial charge in [0.15, 0.2) is 5.15 Å². The summed E-state index contributed by atoms with van der Waals surface area (Å²) in [7, 11) is 0. The number of imide groups is 1. The molecule has 2 unspecified atom stereocenters. The minimum absolute atomic E-state index is 0.157. The molecule has 174 valence electrons. The van der Waals surface area contributed by atoms with Gasteiger partial charge in [0.25, 0.3) is 0 Å². The SMILES string of the molecule is O=C1CCC(N2Cc3c(CN4CCN(c5c(Cl)ccnc5Cl)CC4)cccc3C2S)C(=O)N1. The molecule has 5 rings (SSSR count). The van der Waals surface area contributed by atoms with Gasteiger partial charge in [-0.2, -0.15) is 12.6 Å². The highest BCUT2D eigenvalue weighted by Gasteiger charge is 2.39. The lowest BCUT2D eigenvalue weighted by atomic mass is 10.0. The molecule has 3 aliphatic rings. The van der Waals surface area contributed by atoms with Crippen molar-refractivity contribution in [2.75, 3.05) is 31.1 Å². The maximum Gasteiger partial charge on any atom is 0.243 e. The van der Waals surface area contributed by atoms with Crippen molar-refractivity contribution in [3.63, 3.8) is 0 Å².